The topological polar surface area (TPSA) is 92.9 Å². The van der Waals surface area contributed by atoms with Gasteiger partial charge >= 0.3 is 0 Å². The van der Waals surface area contributed by atoms with Gasteiger partial charge in [-0.05, 0) is 76.1 Å². The van der Waals surface area contributed by atoms with Crippen LogP contribution < -0.4 is 19.5 Å². The van der Waals surface area contributed by atoms with E-state index >= 15 is 0 Å². The van der Waals surface area contributed by atoms with Crippen LogP contribution in [0.25, 0.3) is 6.08 Å². The summed E-state index contributed by atoms with van der Waals surface area (Å²) < 4.78 is 16.7. The first kappa shape index (κ1) is 21.7. The van der Waals surface area contributed by atoms with Gasteiger partial charge < -0.3 is 19.5 Å². The summed E-state index contributed by atoms with van der Waals surface area (Å²) in [4.78, 5) is 17.4. The predicted octanol–water partition coefficient (Wildman–Crippen LogP) is 4.57. The standard InChI is InChI=1S/C21H18BrN3O4S/c1-12-4-5-16(27-2)15(8-12)24-21-25-20(26)18(30-21)11-13-9-14(22)19(29-7-6-23)17(10-13)28-3/h4-5,8-11H,7H2,1-3H3,(H,24,25,26)/b18-11-. The number of nitrogens with one attached hydrogen (secondary N) is 1. The number of aliphatic imine (C=N–C) groups is 1. The van der Waals surface area contributed by atoms with E-state index in [0.29, 0.717) is 37.5 Å². The maximum absolute atomic E-state index is 12.4. The normalized spacial score (nSPS) is 15.8. The first-order chi connectivity index (χ1) is 14.4. The van der Waals surface area contributed by atoms with E-state index in [1.807, 2.05) is 31.2 Å². The Bertz CT molecular complexity index is 1090. The molecule has 0 spiro atoms. The summed E-state index contributed by atoms with van der Waals surface area (Å²) >= 11 is 4.66. The fourth-order valence-electron chi connectivity index (χ4n) is 2.70. The molecule has 0 radical (unpaired) electrons. The molecule has 2 aromatic rings. The summed E-state index contributed by atoms with van der Waals surface area (Å²) in [6.45, 7) is 1.86. The third-order valence-corrected chi connectivity index (χ3v) is 5.54. The number of carbonyl (C=O) groups is 1. The van der Waals surface area contributed by atoms with Gasteiger partial charge in [0.2, 0.25) is 0 Å². The molecule has 1 heterocycles. The van der Waals surface area contributed by atoms with E-state index in [9.17, 15) is 4.79 Å². The van der Waals surface area contributed by atoms with E-state index in [4.69, 9.17) is 19.5 Å². The molecule has 0 unspecified atom stereocenters. The monoisotopic (exact) mass is 487 g/mol. The Balaban J connectivity index is 1.89. The fourth-order valence-corrected chi connectivity index (χ4v) is 4.11. The number of thioether (sulfide) groups is 1. The van der Waals surface area contributed by atoms with Gasteiger partial charge in [0, 0.05) is 0 Å². The molecule has 0 aliphatic carbocycles. The highest BCUT2D eigenvalue weighted by Crippen LogP contribution is 2.38. The molecule has 1 aliphatic heterocycles. The molecule has 2 aromatic carbocycles. The number of benzene rings is 2. The first-order valence-electron chi connectivity index (χ1n) is 8.76. The Kier molecular flexibility index (Phi) is 7.03. The number of hydrogen-bond acceptors (Lipinski definition) is 7. The number of amides is 1. The van der Waals surface area contributed by atoms with Crippen LogP contribution in [0, 0.1) is 18.3 Å². The maximum Gasteiger partial charge on any atom is 0.264 e. The third-order valence-electron chi connectivity index (χ3n) is 4.04. The van der Waals surface area contributed by atoms with Crippen molar-refractivity contribution in [2.45, 2.75) is 6.92 Å². The van der Waals surface area contributed by atoms with Crippen LogP contribution in [-0.2, 0) is 4.79 Å². The Labute approximate surface area is 186 Å². The molecule has 0 atom stereocenters. The molecule has 1 N–H and O–H groups in total. The van der Waals surface area contributed by atoms with Crippen LogP contribution in [0.3, 0.4) is 0 Å². The minimum Gasteiger partial charge on any atom is -0.494 e. The van der Waals surface area contributed by atoms with Crippen molar-refractivity contribution < 1.29 is 19.0 Å². The third kappa shape index (κ3) is 4.96. The number of halogens is 1. The van der Waals surface area contributed by atoms with Gasteiger partial charge in [-0.15, -0.1) is 0 Å². The number of amidine groups is 1. The molecule has 9 heteroatoms. The van der Waals surface area contributed by atoms with Gasteiger partial charge in [-0.25, -0.2) is 4.99 Å². The molecule has 0 bridgehead atoms. The van der Waals surface area contributed by atoms with Gasteiger partial charge in [0.15, 0.2) is 23.3 Å². The number of rotatable bonds is 6. The Morgan fingerprint density at radius 1 is 1.23 bits per heavy atom. The van der Waals surface area contributed by atoms with Crippen LogP contribution in [0.1, 0.15) is 11.1 Å². The van der Waals surface area contributed by atoms with Crippen LogP contribution in [0.4, 0.5) is 5.69 Å². The van der Waals surface area contributed by atoms with Crippen LogP contribution in [-0.4, -0.2) is 31.9 Å². The highest BCUT2D eigenvalue weighted by molar-refractivity contribution is 9.10. The van der Waals surface area contributed by atoms with Crippen LogP contribution in [0.2, 0.25) is 0 Å². The van der Waals surface area contributed by atoms with Crippen molar-refractivity contribution in [2.75, 3.05) is 20.8 Å². The zero-order valence-electron chi connectivity index (χ0n) is 16.5. The lowest BCUT2D eigenvalue weighted by Gasteiger charge is -2.11. The van der Waals surface area contributed by atoms with Crippen molar-refractivity contribution in [3.05, 3.63) is 50.8 Å². The second-order valence-electron chi connectivity index (χ2n) is 6.14. The summed E-state index contributed by atoms with van der Waals surface area (Å²) in [7, 11) is 3.09. The zero-order valence-corrected chi connectivity index (χ0v) is 18.9. The highest BCUT2D eigenvalue weighted by atomic mass is 79.9. The molecule has 30 heavy (non-hydrogen) atoms. The van der Waals surface area contributed by atoms with Crippen molar-refractivity contribution >= 4 is 50.5 Å². The minimum atomic E-state index is -0.245. The van der Waals surface area contributed by atoms with Crippen molar-refractivity contribution in [2.24, 2.45) is 4.99 Å². The van der Waals surface area contributed by atoms with Gasteiger partial charge in [0.25, 0.3) is 5.91 Å². The molecule has 0 aromatic heterocycles. The Morgan fingerprint density at radius 2 is 2.00 bits per heavy atom. The van der Waals surface area contributed by atoms with Crippen molar-refractivity contribution in [3.63, 3.8) is 0 Å². The lowest BCUT2D eigenvalue weighted by atomic mass is 10.2. The summed E-state index contributed by atoms with van der Waals surface area (Å²) in [5.74, 6) is 1.26. The molecule has 3 rings (SSSR count). The lowest BCUT2D eigenvalue weighted by Crippen LogP contribution is -2.19. The molecule has 0 saturated carbocycles. The number of aryl methyl sites for hydroxylation is 1. The fraction of sp³-hybridized carbons (Fsp3) is 0.190. The molecule has 1 fully saturated rings. The maximum atomic E-state index is 12.4. The quantitative estimate of drug-likeness (QED) is 0.599. The van der Waals surface area contributed by atoms with Crippen molar-refractivity contribution in [1.82, 2.24) is 5.32 Å². The molecule has 154 valence electrons. The summed E-state index contributed by atoms with van der Waals surface area (Å²) in [5.41, 5.74) is 2.41. The average Bonchev–Trinajstić information content (AvgIpc) is 3.05. The number of hydrogen-bond donors (Lipinski definition) is 1. The highest BCUT2D eigenvalue weighted by Gasteiger charge is 2.24. The number of nitriles is 1. The van der Waals surface area contributed by atoms with Gasteiger partial charge in [0.05, 0.1) is 23.6 Å². The summed E-state index contributed by atoms with van der Waals surface area (Å²) in [6, 6.07) is 11.1. The van der Waals surface area contributed by atoms with Gasteiger partial charge in [-0.2, -0.15) is 5.26 Å². The zero-order chi connectivity index (χ0) is 21.7. The summed E-state index contributed by atoms with van der Waals surface area (Å²) in [6.07, 6.45) is 1.73. The summed E-state index contributed by atoms with van der Waals surface area (Å²) in [5, 5.41) is 12.0. The Hall–Kier alpha value is -2.96. The van der Waals surface area contributed by atoms with Gasteiger partial charge in [-0.1, -0.05) is 6.07 Å². The number of nitrogens with zero attached hydrogens (tertiary/aromatic N) is 2. The molecule has 1 aliphatic rings. The number of ether oxygens (including phenoxy) is 3. The second-order valence-corrected chi connectivity index (χ2v) is 8.02. The number of methoxy groups -OCH3 is 2. The minimum absolute atomic E-state index is 0.101. The number of carbonyl (C=O) groups excluding carboxylic acids is 1. The average molecular weight is 488 g/mol. The molecular formula is C21H18BrN3O4S. The van der Waals surface area contributed by atoms with E-state index in [1.165, 1.54) is 18.9 Å². The Morgan fingerprint density at radius 3 is 2.70 bits per heavy atom. The molecule has 7 nitrogen and oxygen atoms in total. The van der Waals surface area contributed by atoms with Gasteiger partial charge in [-0.3, -0.25) is 4.79 Å². The lowest BCUT2D eigenvalue weighted by molar-refractivity contribution is -0.115. The largest absolute Gasteiger partial charge is 0.494 e. The van der Waals surface area contributed by atoms with Crippen molar-refractivity contribution in [1.29, 1.82) is 5.26 Å². The van der Waals surface area contributed by atoms with Crippen LogP contribution >= 0.6 is 27.7 Å². The molecule has 1 amide bonds. The van der Waals surface area contributed by atoms with Crippen LogP contribution in [0.15, 0.2) is 44.7 Å². The van der Waals surface area contributed by atoms with E-state index in [-0.39, 0.29) is 12.5 Å². The first-order valence-corrected chi connectivity index (χ1v) is 10.4. The van der Waals surface area contributed by atoms with E-state index < -0.39 is 0 Å². The predicted molar refractivity (Wildman–Crippen MR) is 120 cm³/mol. The molecular weight excluding hydrogens is 470 g/mol. The van der Waals surface area contributed by atoms with E-state index in [1.54, 1.807) is 25.3 Å². The SMILES string of the molecule is COc1ccc(C)cc1N=C1NC(=O)/C(=C/c2cc(Br)c(OCC#N)c(OC)c2)S1. The van der Waals surface area contributed by atoms with Crippen LogP contribution in [0.5, 0.6) is 17.2 Å². The smallest absolute Gasteiger partial charge is 0.264 e. The molecule has 1 saturated heterocycles. The van der Waals surface area contributed by atoms with E-state index in [2.05, 4.69) is 26.2 Å². The van der Waals surface area contributed by atoms with E-state index in [0.717, 1.165) is 11.1 Å². The van der Waals surface area contributed by atoms with Crippen molar-refractivity contribution in [3.8, 4) is 23.3 Å². The van der Waals surface area contributed by atoms with Gasteiger partial charge in [0.1, 0.15) is 17.5 Å². The second kappa shape index (κ2) is 9.69.